The van der Waals surface area contributed by atoms with Crippen molar-refractivity contribution in [2.45, 2.75) is 71.0 Å². The summed E-state index contributed by atoms with van der Waals surface area (Å²) in [5.74, 6) is 0.0273. The van der Waals surface area contributed by atoms with Gasteiger partial charge in [-0.1, -0.05) is 11.3 Å². The molecule has 0 radical (unpaired) electrons. The zero-order chi connectivity index (χ0) is 23.4. The number of hydrogen-bond donors (Lipinski definition) is 2. The van der Waals surface area contributed by atoms with E-state index in [4.69, 9.17) is 0 Å². The van der Waals surface area contributed by atoms with Crippen molar-refractivity contribution in [1.82, 2.24) is 14.6 Å². The summed E-state index contributed by atoms with van der Waals surface area (Å²) in [7, 11) is -3.91. The minimum Gasteiger partial charge on any atom is -0.331 e. The third-order valence-corrected chi connectivity index (χ3v) is 8.62. The Hall–Kier alpha value is -2.30. The number of amides is 2. The second kappa shape index (κ2) is 8.24. The summed E-state index contributed by atoms with van der Waals surface area (Å²) in [5.41, 5.74) is 2.33. The van der Waals surface area contributed by atoms with E-state index in [1.54, 1.807) is 24.8 Å². The predicted octanol–water partition coefficient (Wildman–Crippen LogP) is 3.52. The van der Waals surface area contributed by atoms with Crippen molar-refractivity contribution in [2.75, 3.05) is 5.32 Å². The molecule has 8 nitrogen and oxygen atoms in total. The number of anilines is 1. The van der Waals surface area contributed by atoms with Crippen LogP contribution in [0.15, 0.2) is 17.0 Å². The maximum Gasteiger partial charge on any atom is 0.256 e. The molecule has 0 bridgehead atoms. The van der Waals surface area contributed by atoms with E-state index in [1.807, 2.05) is 19.9 Å². The van der Waals surface area contributed by atoms with Gasteiger partial charge in [-0.2, -0.15) is 0 Å². The number of benzene rings is 1. The second-order valence-electron chi connectivity index (χ2n) is 8.91. The molecule has 2 heterocycles. The van der Waals surface area contributed by atoms with Gasteiger partial charge < -0.3 is 10.2 Å². The smallest absolute Gasteiger partial charge is 0.256 e. The maximum absolute atomic E-state index is 13.3. The molecule has 172 valence electrons. The van der Waals surface area contributed by atoms with Crippen LogP contribution in [0.4, 0.5) is 5.13 Å². The normalized spacial score (nSPS) is 17.1. The number of aromatic nitrogens is 1. The van der Waals surface area contributed by atoms with Crippen molar-refractivity contribution in [3.05, 3.63) is 29.0 Å². The molecule has 0 saturated heterocycles. The molecule has 10 heteroatoms. The van der Waals surface area contributed by atoms with Crippen LogP contribution in [0, 0.1) is 12.8 Å². The third-order valence-electron chi connectivity index (χ3n) is 5.82. The van der Waals surface area contributed by atoms with Crippen LogP contribution in [0.25, 0.3) is 10.4 Å². The van der Waals surface area contributed by atoms with E-state index in [2.05, 4.69) is 15.0 Å². The lowest BCUT2D eigenvalue weighted by Crippen LogP contribution is -2.36. The summed E-state index contributed by atoms with van der Waals surface area (Å²) in [6, 6.07) is 3.21. The van der Waals surface area contributed by atoms with Crippen molar-refractivity contribution in [3.8, 4) is 10.4 Å². The molecule has 2 aromatic rings. The molecular weight excluding hydrogens is 448 g/mol. The summed E-state index contributed by atoms with van der Waals surface area (Å²) in [4.78, 5) is 31.7. The van der Waals surface area contributed by atoms with Crippen molar-refractivity contribution in [2.24, 2.45) is 5.92 Å². The molecule has 1 aliphatic carbocycles. The monoisotopic (exact) mass is 476 g/mol. The number of carbonyl (C=O) groups is 2. The summed E-state index contributed by atoms with van der Waals surface area (Å²) < 4.78 is 29.1. The van der Waals surface area contributed by atoms with Crippen LogP contribution in [0.1, 0.15) is 62.2 Å². The van der Waals surface area contributed by atoms with Crippen LogP contribution in [0.3, 0.4) is 0 Å². The Bertz CT molecular complexity index is 1200. The second-order valence-corrected chi connectivity index (χ2v) is 11.6. The lowest BCUT2D eigenvalue weighted by Gasteiger charge is -2.24. The van der Waals surface area contributed by atoms with Gasteiger partial charge in [-0.25, -0.2) is 18.1 Å². The maximum atomic E-state index is 13.3. The molecule has 1 saturated carbocycles. The molecular formula is C22H28N4O4S2. The first-order valence-electron chi connectivity index (χ1n) is 10.7. The molecule has 1 aromatic carbocycles. The molecule has 2 aliphatic rings. The number of rotatable bonds is 7. The van der Waals surface area contributed by atoms with Gasteiger partial charge in [0.05, 0.1) is 21.0 Å². The van der Waals surface area contributed by atoms with Gasteiger partial charge in [0.25, 0.3) is 5.91 Å². The number of carbonyl (C=O) groups excluding carboxylic acids is 2. The highest BCUT2D eigenvalue weighted by Gasteiger charge is 2.41. The van der Waals surface area contributed by atoms with Crippen LogP contribution >= 0.6 is 11.3 Å². The lowest BCUT2D eigenvalue weighted by atomic mass is 10.0. The van der Waals surface area contributed by atoms with Crippen LogP contribution in [-0.2, 0) is 21.4 Å². The lowest BCUT2D eigenvalue weighted by molar-refractivity contribution is -0.114. The largest absolute Gasteiger partial charge is 0.331 e. The van der Waals surface area contributed by atoms with Crippen molar-refractivity contribution in [3.63, 3.8) is 0 Å². The first-order chi connectivity index (χ1) is 15.0. The van der Waals surface area contributed by atoms with Crippen molar-refractivity contribution < 1.29 is 18.0 Å². The standard InChI is InChI=1S/C22H28N4O4S2/c1-11(2)25-32(29,30)18-9-16(20-12(3)23-22(31-20)24-14(5)27)8-17-10-26(21(28)19(17)18)13(4)15-6-7-15/h8-9,11,13,15,25H,6-7,10H2,1-5H3,(H,23,24,27). The van der Waals surface area contributed by atoms with E-state index in [0.29, 0.717) is 34.4 Å². The molecule has 1 atom stereocenters. The molecule has 1 unspecified atom stereocenters. The summed E-state index contributed by atoms with van der Waals surface area (Å²) in [6.07, 6.45) is 2.19. The fourth-order valence-corrected chi connectivity index (χ4v) is 6.70. The highest BCUT2D eigenvalue weighted by atomic mass is 32.2. The number of fused-ring (bicyclic) bond motifs is 1. The number of nitrogens with zero attached hydrogens (tertiary/aromatic N) is 2. The molecule has 0 spiro atoms. The highest BCUT2D eigenvalue weighted by Crippen LogP contribution is 2.42. The average Bonchev–Trinajstić information content (AvgIpc) is 3.39. The van der Waals surface area contributed by atoms with E-state index in [9.17, 15) is 18.0 Å². The van der Waals surface area contributed by atoms with Gasteiger partial charge >= 0.3 is 0 Å². The predicted molar refractivity (Wildman–Crippen MR) is 124 cm³/mol. The number of nitrogens with one attached hydrogen (secondary N) is 2. The molecule has 1 aliphatic heterocycles. The Morgan fingerprint density at radius 3 is 2.53 bits per heavy atom. The van der Waals surface area contributed by atoms with E-state index in [-0.39, 0.29) is 34.4 Å². The van der Waals surface area contributed by atoms with E-state index in [1.165, 1.54) is 18.3 Å². The highest BCUT2D eigenvalue weighted by molar-refractivity contribution is 7.89. The quantitative estimate of drug-likeness (QED) is 0.636. The van der Waals surface area contributed by atoms with Gasteiger partial charge in [0.15, 0.2) is 5.13 Å². The molecule has 1 aromatic heterocycles. The van der Waals surface area contributed by atoms with E-state index >= 15 is 0 Å². The molecule has 4 rings (SSSR count). The van der Waals surface area contributed by atoms with E-state index < -0.39 is 10.0 Å². The van der Waals surface area contributed by atoms with Crippen LogP contribution in [-0.4, -0.2) is 42.2 Å². The van der Waals surface area contributed by atoms with Gasteiger partial charge in [0.2, 0.25) is 15.9 Å². The van der Waals surface area contributed by atoms with Gasteiger partial charge in [-0.05, 0) is 69.7 Å². The van der Waals surface area contributed by atoms with Crippen LogP contribution in [0.2, 0.25) is 0 Å². The molecule has 32 heavy (non-hydrogen) atoms. The van der Waals surface area contributed by atoms with Crippen LogP contribution in [0.5, 0.6) is 0 Å². The van der Waals surface area contributed by atoms with Crippen LogP contribution < -0.4 is 10.0 Å². The first-order valence-corrected chi connectivity index (χ1v) is 13.0. The zero-order valence-electron chi connectivity index (χ0n) is 18.9. The van der Waals surface area contributed by atoms with Gasteiger partial charge in [0, 0.05) is 25.6 Å². The Labute approximate surface area is 192 Å². The van der Waals surface area contributed by atoms with Gasteiger partial charge in [-0.3, -0.25) is 9.59 Å². The molecule has 1 fully saturated rings. The Morgan fingerprint density at radius 2 is 1.94 bits per heavy atom. The summed E-state index contributed by atoms with van der Waals surface area (Å²) in [6.45, 7) is 9.15. The van der Waals surface area contributed by atoms with Gasteiger partial charge in [-0.15, -0.1) is 0 Å². The fourth-order valence-electron chi connectivity index (χ4n) is 4.19. The number of thiazole rings is 1. The zero-order valence-corrected chi connectivity index (χ0v) is 20.5. The van der Waals surface area contributed by atoms with E-state index in [0.717, 1.165) is 17.7 Å². The fraction of sp³-hybridized carbons (Fsp3) is 0.500. The molecule has 2 amide bonds. The Balaban J connectivity index is 1.84. The summed E-state index contributed by atoms with van der Waals surface area (Å²) in [5, 5.41) is 3.14. The third kappa shape index (κ3) is 4.31. The Kier molecular flexibility index (Phi) is 5.89. The van der Waals surface area contributed by atoms with Crippen molar-refractivity contribution in [1.29, 1.82) is 0 Å². The minimum absolute atomic E-state index is 0.00285. The number of aryl methyl sites for hydroxylation is 1. The van der Waals surface area contributed by atoms with Crippen molar-refractivity contribution >= 4 is 38.3 Å². The number of sulfonamides is 1. The van der Waals surface area contributed by atoms with Gasteiger partial charge in [0.1, 0.15) is 0 Å². The number of hydrogen-bond acceptors (Lipinski definition) is 6. The SMILES string of the molecule is CC(=O)Nc1nc(C)c(-c2cc3c(c(S(=O)(=O)NC(C)C)c2)C(=O)N(C(C)C2CC2)C3)s1. The Morgan fingerprint density at radius 1 is 1.25 bits per heavy atom. The topological polar surface area (TPSA) is 108 Å². The summed E-state index contributed by atoms with van der Waals surface area (Å²) >= 11 is 1.29. The minimum atomic E-state index is -3.91. The average molecular weight is 477 g/mol. The first kappa shape index (κ1) is 22.9. The molecule has 2 N–H and O–H groups in total.